The van der Waals surface area contributed by atoms with Crippen molar-refractivity contribution in [2.45, 2.75) is 19.9 Å². The van der Waals surface area contributed by atoms with Crippen LogP contribution in [0, 0.1) is 24.0 Å². The molecule has 1 unspecified atom stereocenters. The number of aliphatic hydroxyl groups excluding tert-OH is 1. The predicted molar refractivity (Wildman–Crippen MR) is 140 cm³/mol. The van der Waals surface area contributed by atoms with E-state index in [1.54, 1.807) is 24.3 Å². The third kappa shape index (κ3) is 4.11. The zero-order valence-corrected chi connectivity index (χ0v) is 20.9. The van der Waals surface area contributed by atoms with Crippen LogP contribution in [0.3, 0.4) is 0 Å². The molecule has 0 aliphatic carbocycles. The van der Waals surface area contributed by atoms with E-state index in [1.165, 1.54) is 47.6 Å². The van der Waals surface area contributed by atoms with Gasteiger partial charge in [-0.15, -0.1) is 0 Å². The number of nitrogens with zero attached hydrogens (tertiary/aromatic N) is 3. The van der Waals surface area contributed by atoms with Gasteiger partial charge in [0.05, 0.1) is 33.9 Å². The van der Waals surface area contributed by atoms with E-state index in [1.807, 2.05) is 26.0 Å². The summed E-state index contributed by atoms with van der Waals surface area (Å²) < 4.78 is 6.07. The van der Waals surface area contributed by atoms with Crippen molar-refractivity contribution in [2.24, 2.45) is 0 Å². The molecular formula is C27H21N3O6S. The summed E-state index contributed by atoms with van der Waals surface area (Å²) >= 11 is 1.24. The number of carbonyl (C=O) groups is 2. The Hall–Kier alpha value is -4.57. The Morgan fingerprint density at radius 3 is 2.59 bits per heavy atom. The highest BCUT2D eigenvalue weighted by molar-refractivity contribution is 7.22. The van der Waals surface area contributed by atoms with E-state index in [0.29, 0.717) is 16.8 Å². The van der Waals surface area contributed by atoms with Gasteiger partial charge in [0.1, 0.15) is 11.5 Å². The average Bonchev–Trinajstić information content (AvgIpc) is 3.42. The number of aliphatic hydroxyl groups is 1. The standard InChI is InChI=1S/C27H21N3O6S/c1-14-10-15(2)22-20(11-14)37-27(28-22)29-23(16-6-4-8-18(12-16)30(34)35)21(25(32)26(29)33)24(31)17-7-5-9-19(13-17)36-3/h4-13,23,31H,1-3H3. The number of aromatic nitrogens is 1. The van der Waals surface area contributed by atoms with Gasteiger partial charge in [0.2, 0.25) is 0 Å². The van der Waals surface area contributed by atoms with Crippen LogP contribution in [0.4, 0.5) is 10.8 Å². The monoisotopic (exact) mass is 515 g/mol. The Bertz CT molecular complexity index is 1640. The molecule has 0 radical (unpaired) electrons. The van der Waals surface area contributed by atoms with E-state index in [0.717, 1.165) is 15.8 Å². The van der Waals surface area contributed by atoms with E-state index < -0.39 is 28.4 Å². The van der Waals surface area contributed by atoms with Crippen molar-refractivity contribution < 1.29 is 24.4 Å². The molecule has 3 aromatic carbocycles. The molecule has 2 heterocycles. The number of rotatable bonds is 5. The highest BCUT2D eigenvalue weighted by Crippen LogP contribution is 2.45. The molecule has 37 heavy (non-hydrogen) atoms. The predicted octanol–water partition coefficient (Wildman–Crippen LogP) is 5.46. The number of fused-ring (bicyclic) bond motifs is 1. The molecule has 10 heteroatoms. The molecule has 1 fully saturated rings. The second-order valence-electron chi connectivity index (χ2n) is 8.68. The second-order valence-corrected chi connectivity index (χ2v) is 9.69. The van der Waals surface area contributed by atoms with Gasteiger partial charge in [0.15, 0.2) is 5.13 Å². The fourth-order valence-corrected chi connectivity index (χ4v) is 5.71. The molecule has 1 aromatic heterocycles. The number of thiazole rings is 1. The summed E-state index contributed by atoms with van der Waals surface area (Å²) in [4.78, 5) is 43.7. The molecule has 5 rings (SSSR count). The minimum absolute atomic E-state index is 0.189. The molecule has 4 aromatic rings. The lowest BCUT2D eigenvalue weighted by molar-refractivity contribution is -0.384. The lowest BCUT2D eigenvalue weighted by Gasteiger charge is -2.22. The first-order chi connectivity index (χ1) is 17.7. The maximum absolute atomic E-state index is 13.4. The fraction of sp³-hybridized carbons (Fsp3) is 0.148. The van der Waals surface area contributed by atoms with Crippen LogP contribution >= 0.6 is 11.3 Å². The molecule has 1 aliphatic heterocycles. The molecule has 1 atom stereocenters. The van der Waals surface area contributed by atoms with Gasteiger partial charge in [-0.2, -0.15) is 0 Å². The third-order valence-corrected chi connectivity index (χ3v) is 7.21. The minimum Gasteiger partial charge on any atom is -0.507 e. The molecule has 0 spiro atoms. The summed E-state index contributed by atoms with van der Waals surface area (Å²) in [6.45, 7) is 3.86. The van der Waals surface area contributed by atoms with Crippen LogP contribution in [0.2, 0.25) is 0 Å². The summed E-state index contributed by atoms with van der Waals surface area (Å²) in [7, 11) is 1.47. The van der Waals surface area contributed by atoms with Crippen LogP contribution in [0.25, 0.3) is 16.0 Å². The van der Waals surface area contributed by atoms with Crippen molar-refractivity contribution in [1.82, 2.24) is 4.98 Å². The highest BCUT2D eigenvalue weighted by Gasteiger charge is 2.48. The minimum atomic E-state index is -1.13. The Morgan fingerprint density at radius 2 is 1.86 bits per heavy atom. The van der Waals surface area contributed by atoms with Crippen LogP contribution in [0.15, 0.2) is 66.2 Å². The molecule has 0 saturated carbocycles. The number of hydrogen-bond donors (Lipinski definition) is 1. The van der Waals surface area contributed by atoms with Crippen LogP contribution in [-0.2, 0) is 9.59 Å². The first-order valence-electron chi connectivity index (χ1n) is 11.3. The van der Waals surface area contributed by atoms with Crippen molar-refractivity contribution in [3.8, 4) is 5.75 Å². The van der Waals surface area contributed by atoms with Gasteiger partial charge in [-0.1, -0.05) is 41.7 Å². The van der Waals surface area contributed by atoms with Gasteiger partial charge in [0, 0.05) is 17.7 Å². The van der Waals surface area contributed by atoms with E-state index in [9.17, 15) is 24.8 Å². The van der Waals surface area contributed by atoms with Gasteiger partial charge in [0.25, 0.3) is 11.5 Å². The number of nitro groups is 1. The number of methoxy groups -OCH3 is 1. The number of nitro benzene ring substituents is 1. The van der Waals surface area contributed by atoms with Crippen LogP contribution < -0.4 is 9.64 Å². The zero-order chi connectivity index (χ0) is 26.4. The summed E-state index contributed by atoms with van der Waals surface area (Å²) in [5, 5.41) is 23.1. The Morgan fingerprint density at radius 1 is 1.11 bits per heavy atom. The summed E-state index contributed by atoms with van der Waals surface area (Å²) in [6, 6.07) is 14.9. The largest absolute Gasteiger partial charge is 0.507 e. The number of ether oxygens (including phenoxy) is 1. The molecule has 1 amide bonds. The van der Waals surface area contributed by atoms with Crippen molar-refractivity contribution in [3.05, 3.63) is 98.6 Å². The summed E-state index contributed by atoms with van der Waals surface area (Å²) in [5.41, 5.74) is 2.80. The van der Waals surface area contributed by atoms with E-state index in [2.05, 4.69) is 4.98 Å². The van der Waals surface area contributed by atoms with Gasteiger partial charge in [-0.05, 0) is 48.7 Å². The molecule has 186 valence electrons. The number of Topliss-reactive ketones (excluding diaryl/α,β-unsaturated/α-hetero) is 1. The quantitative estimate of drug-likeness (QED) is 0.123. The highest BCUT2D eigenvalue weighted by atomic mass is 32.1. The SMILES string of the molecule is COc1cccc(C(O)=C2C(=O)C(=O)N(c3nc4c(C)cc(C)cc4s3)C2c2cccc([N+](=O)[O-])c2)c1. The first-order valence-corrected chi connectivity index (χ1v) is 12.1. The average molecular weight is 516 g/mol. The van der Waals surface area contributed by atoms with Crippen LogP contribution in [0.1, 0.15) is 28.3 Å². The van der Waals surface area contributed by atoms with Crippen molar-refractivity contribution in [2.75, 3.05) is 12.0 Å². The number of benzene rings is 3. The normalized spacial score (nSPS) is 16.9. The van der Waals surface area contributed by atoms with Crippen LogP contribution in [-0.4, -0.2) is 33.8 Å². The topological polar surface area (TPSA) is 123 Å². The molecule has 1 saturated heterocycles. The molecule has 0 bridgehead atoms. The molecule has 9 nitrogen and oxygen atoms in total. The molecule has 1 aliphatic rings. The van der Waals surface area contributed by atoms with Gasteiger partial charge in [-0.25, -0.2) is 4.98 Å². The number of amides is 1. The smallest absolute Gasteiger partial charge is 0.301 e. The number of carbonyl (C=O) groups excluding carboxylic acids is 2. The molecule has 1 N–H and O–H groups in total. The Kier molecular flexibility index (Phi) is 5.96. The molecular weight excluding hydrogens is 494 g/mol. The fourth-order valence-electron chi connectivity index (χ4n) is 4.54. The summed E-state index contributed by atoms with van der Waals surface area (Å²) in [6.07, 6.45) is 0. The lowest BCUT2D eigenvalue weighted by Crippen LogP contribution is -2.29. The van der Waals surface area contributed by atoms with Crippen molar-refractivity contribution in [3.63, 3.8) is 0 Å². The zero-order valence-electron chi connectivity index (χ0n) is 20.1. The lowest BCUT2D eigenvalue weighted by atomic mass is 9.95. The number of ketones is 1. The summed E-state index contributed by atoms with van der Waals surface area (Å²) in [5.74, 6) is -1.76. The number of aryl methyl sites for hydroxylation is 2. The van der Waals surface area contributed by atoms with Gasteiger partial charge in [-0.3, -0.25) is 24.6 Å². The third-order valence-electron chi connectivity index (χ3n) is 6.21. The van der Waals surface area contributed by atoms with E-state index in [4.69, 9.17) is 4.74 Å². The first kappa shape index (κ1) is 24.1. The van der Waals surface area contributed by atoms with Gasteiger partial charge >= 0.3 is 5.91 Å². The van der Waals surface area contributed by atoms with Gasteiger partial charge < -0.3 is 9.84 Å². The van der Waals surface area contributed by atoms with E-state index >= 15 is 0 Å². The Labute approximate surface area is 215 Å². The second kappa shape index (κ2) is 9.14. The van der Waals surface area contributed by atoms with Crippen molar-refractivity contribution in [1.29, 1.82) is 0 Å². The number of hydrogen-bond acceptors (Lipinski definition) is 8. The number of non-ortho nitro benzene ring substituents is 1. The van der Waals surface area contributed by atoms with Crippen LogP contribution in [0.5, 0.6) is 5.75 Å². The maximum Gasteiger partial charge on any atom is 0.301 e. The van der Waals surface area contributed by atoms with E-state index in [-0.39, 0.29) is 22.0 Å². The number of anilines is 1. The van der Waals surface area contributed by atoms with Crippen molar-refractivity contribution >= 4 is 49.8 Å². The Balaban J connectivity index is 1.76. The maximum atomic E-state index is 13.4.